The first-order chi connectivity index (χ1) is 6.45. The molecule has 14 heavy (non-hydrogen) atoms. The van der Waals surface area contributed by atoms with Gasteiger partial charge in [0.05, 0.1) is 0 Å². The average Bonchev–Trinajstić information content (AvgIpc) is 2.00. The van der Waals surface area contributed by atoms with Gasteiger partial charge in [-0.3, -0.25) is 4.79 Å². The van der Waals surface area contributed by atoms with Gasteiger partial charge in [-0.25, -0.2) is 0 Å². The third-order valence-corrected chi connectivity index (χ3v) is 1.90. The fourth-order valence-corrected chi connectivity index (χ4v) is 1.27. The summed E-state index contributed by atoms with van der Waals surface area (Å²) >= 11 is 0. The van der Waals surface area contributed by atoms with Crippen LogP contribution in [0.5, 0.6) is 0 Å². The molecule has 2 nitrogen and oxygen atoms in total. The van der Waals surface area contributed by atoms with Gasteiger partial charge in [0.1, 0.15) is 5.60 Å². The van der Waals surface area contributed by atoms with Crippen LogP contribution in [0.4, 0.5) is 0 Å². The molecule has 0 aromatic carbocycles. The molecule has 0 aromatic rings. The van der Waals surface area contributed by atoms with Crippen molar-refractivity contribution in [2.24, 2.45) is 0 Å². The zero-order valence-corrected chi connectivity index (χ0v) is 10.1. The first-order valence-electron chi connectivity index (χ1n) is 5.67. The summed E-state index contributed by atoms with van der Waals surface area (Å²) in [6, 6.07) is 0. The Morgan fingerprint density at radius 2 is 1.64 bits per heavy atom. The quantitative estimate of drug-likeness (QED) is 0.483. The van der Waals surface area contributed by atoms with Gasteiger partial charge in [0, 0.05) is 6.42 Å². The van der Waals surface area contributed by atoms with E-state index in [2.05, 4.69) is 6.92 Å². The van der Waals surface area contributed by atoms with E-state index in [9.17, 15) is 4.79 Å². The van der Waals surface area contributed by atoms with Crippen LogP contribution >= 0.6 is 0 Å². The minimum Gasteiger partial charge on any atom is -0.460 e. The molecule has 0 rings (SSSR count). The largest absolute Gasteiger partial charge is 0.460 e. The van der Waals surface area contributed by atoms with Gasteiger partial charge in [-0.15, -0.1) is 0 Å². The Morgan fingerprint density at radius 3 is 2.14 bits per heavy atom. The van der Waals surface area contributed by atoms with Crippen LogP contribution in [0.15, 0.2) is 0 Å². The fraction of sp³-hybridized carbons (Fsp3) is 0.917. The van der Waals surface area contributed by atoms with E-state index in [1.165, 1.54) is 19.3 Å². The summed E-state index contributed by atoms with van der Waals surface area (Å²) in [5.41, 5.74) is -0.333. The molecular weight excluding hydrogens is 176 g/mol. The molecule has 0 aliphatic heterocycles. The monoisotopic (exact) mass is 200 g/mol. The number of rotatable bonds is 6. The fourth-order valence-electron chi connectivity index (χ4n) is 1.27. The minimum absolute atomic E-state index is 0.0611. The third-order valence-electron chi connectivity index (χ3n) is 1.90. The topological polar surface area (TPSA) is 26.3 Å². The molecule has 0 radical (unpaired) electrons. The van der Waals surface area contributed by atoms with E-state index in [0.717, 1.165) is 12.8 Å². The molecule has 0 unspecified atom stereocenters. The van der Waals surface area contributed by atoms with Crippen LogP contribution < -0.4 is 0 Å². The van der Waals surface area contributed by atoms with Crippen LogP contribution in [0.3, 0.4) is 0 Å². The molecule has 84 valence electrons. The standard InChI is InChI=1S/C12H24O2/c1-5-6-7-8-9-10-11(13)14-12(2,3)4/h5-10H2,1-4H3. The lowest BCUT2D eigenvalue weighted by Gasteiger charge is -2.19. The maximum atomic E-state index is 11.3. The number of hydrogen-bond acceptors (Lipinski definition) is 2. The molecule has 0 aromatic heterocycles. The second-order valence-corrected chi connectivity index (χ2v) is 4.75. The number of carbonyl (C=O) groups excluding carboxylic acids is 1. The van der Waals surface area contributed by atoms with Crippen LogP contribution in [-0.4, -0.2) is 11.6 Å². The Morgan fingerprint density at radius 1 is 1.07 bits per heavy atom. The maximum Gasteiger partial charge on any atom is 0.306 e. The van der Waals surface area contributed by atoms with Crippen LogP contribution in [-0.2, 0) is 9.53 Å². The first kappa shape index (κ1) is 13.5. The van der Waals surface area contributed by atoms with Crippen molar-refractivity contribution in [3.05, 3.63) is 0 Å². The second kappa shape index (κ2) is 6.86. The predicted octanol–water partition coefficient (Wildman–Crippen LogP) is 3.69. The zero-order valence-electron chi connectivity index (χ0n) is 10.1. The first-order valence-corrected chi connectivity index (χ1v) is 5.67. The van der Waals surface area contributed by atoms with Crippen molar-refractivity contribution < 1.29 is 9.53 Å². The smallest absolute Gasteiger partial charge is 0.306 e. The van der Waals surface area contributed by atoms with E-state index in [1.807, 2.05) is 20.8 Å². The van der Waals surface area contributed by atoms with Gasteiger partial charge in [-0.2, -0.15) is 0 Å². The molecule has 2 heteroatoms. The molecule has 0 saturated heterocycles. The summed E-state index contributed by atoms with van der Waals surface area (Å²) in [4.78, 5) is 11.3. The Kier molecular flexibility index (Phi) is 6.60. The number of unbranched alkanes of at least 4 members (excludes halogenated alkanes) is 4. The second-order valence-electron chi connectivity index (χ2n) is 4.75. The van der Waals surface area contributed by atoms with E-state index >= 15 is 0 Å². The summed E-state index contributed by atoms with van der Waals surface area (Å²) in [6.07, 6.45) is 6.43. The molecule has 0 aliphatic rings. The average molecular weight is 200 g/mol. The summed E-state index contributed by atoms with van der Waals surface area (Å²) in [7, 11) is 0. The van der Waals surface area contributed by atoms with Crippen molar-refractivity contribution >= 4 is 5.97 Å². The molecular formula is C12H24O2. The maximum absolute atomic E-state index is 11.3. The van der Waals surface area contributed by atoms with E-state index in [0.29, 0.717) is 6.42 Å². The molecule has 0 heterocycles. The van der Waals surface area contributed by atoms with E-state index in [4.69, 9.17) is 4.74 Å². The van der Waals surface area contributed by atoms with Crippen LogP contribution in [0.1, 0.15) is 66.2 Å². The highest BCUT2D eigenvalue weighted by Crippen LogP contribution is 2.11. The van der Waals surface area contributed by atoms with Crippen molar-refractivity contribution in [2.75, 3.05) is 0 Å². The van der Waals surface area contributed by atoms with Crippen molar-refractivity contribution in [3.8, 4) is 0 Å². The SMILES string of the molecule is CCCCCCCC(=O)OC(C)(C)C. The van der Waals surface area contributed by atoms with Crippen LogP contribution in [0.2, 0.25) is 0 Å². The van der Waals surface area contributed by atoms with E-state index in [-0.39, 0.29) is 11.6 Å². The highest BCUT2D eigenvalue weighted by atomic mass is 16.6. The molecule has 0 fully saturated rings. The van der Waals surface area contributed by atoms with Crippen molar-refractivity contribution in [3.63, 3.8) is 0 Å². The number of ether oxygens (including phenoxy) is 1. The number of esters is 1. The summed E-state index contributed by atoms with van der Waals surface area (Å²) in [5, 5.41) is 0. The molecule has 0 bridgehead atoms. The zero-order chi connectivity index (χ0) is 11.0. The molecule has 0 saturated carbocycles. The summed E-state index contributed by atoms with van der Waals surface area (Å²) in [5.74, 6) is -0.0611. The molecule has 0 aliphatic carbocycles. The minimum atomic E-state index is -0.333. The summed E-state index contributed by atoms with van der Waals surface area (Å²) in [6.45, 7) is 7.90. The van der Waals surface area contributed by atoms with E-state index < -0.39 is 0 Å². The lowest BCUT2D eigenvalue weighted by Crippen LogP contribution is -2.23. The molecule has 0 spiro atoms. The van der Waals surface area contributed by atoms with Crippen molar-refractivity contribution in [1.29, 1.82) is 0 Å². The van der Waals surface area contributed by atoms with Gasteiger partial charge in [0.2, 0.25) is 0 Å². The van der Waals surface area contributed by atoms with Crippen LogP contribution in [0, 0.1) is 0 Å². The van der Waals surface area contributed by atoms with Gasteiger partial charge in [-0.1, -0.05) is 32.6 Å². The molecule has 0 atom stereocenters. The predicted molar refractivity (Wildman–Crippen MR) is 59.2 cm³/mol. The van der Waals surface area contributed by atoms with Crippen molar-refractivity contribution in [2.45, 2.75) is 71.8 Å². The van der Waals surface area contributed by atoms with Gasteiger partial charge in [-0.05, 0) is 27.2 Å². The molecule has 0 N–H and O–H groups in total. The normalized spacial score (nSPS) is 11.4. The highest BCUT2D eigenvalue weighted by Gasteiger charge is 2.15. The number of carbonyl (C=O) groups is 1. The van der Waals surface area contributed by atoms with Gasteiger partial charge in [0.25, 0.3) is 0 Å². The highest BCUT2D eigenvalue weighted by molar-refractivity contribution is 5.69. The lowest BCUT2D eigenvalue weighted by molar-refractivity contribution is -0.154. The summed E-state index contributed by atoms with van der Waals surface area (Å²) < 4.78 is 5.21. The van der Waals surface area contributed by atoms with Crippen molar-refractivity contribution in [1.82, 2.24) is 0 Å². The Labute approximate surface area is 88.0 Å². The Bertz CT molecular complexity index is 156. The number of hydrogen-bond donors (Lipinski definition) is 0. The third kappa shape index (κ3) is 9.56. The van der Waals surface area contributed by atoms with Crippen LogP contribution in [0.25, 0.3) is 0 Å². The van der Waals surface area contributed by atoms with Gasteiger partial charge in [0.15, 0.2) is 0 Å². The van der Waals surface area contributed by atoms with Gasteiger partial charge < -0.3 is 4.74 Å². The van der Waals surface area contributed by atoms with Gasteiger partial charge >= 0.3 is 5.97 Å². The molecule has 0 amide bonds. The Hall–Kier alpha value is -0.530. The van der Waals surface area contributed by atoms with E-state index in [1.54, 1.807) is 0 Å². The lowest BCUT2D eigenvalue weighted by atomic mass is 10.1. The Balaban J connectivity index is 3.36.